The van der Waals surface area contributed by atoms with Gasteiger partial charge in [0.05, 0.1) is 25.2 Å². The molecule has 1 saturated heterocycles. The lowest BCUT2D eigenvalue weighted by Gasteiger charge is -2.25. The molecule has 0 aliphatic carbocycles. The number of ether oxygens (including phenoxy) is 4. The topological polar surface area (TPSA) is 125 Å². The van der Waals surface area contributed by atoms with E-state index in [1.165, 1.54) is 12.5 Å². The van der Waals surface area contributed by atoms with Gasteiger partial charge in [0.1, 0.15) is 23.7 Å². The van der Waals surface area contributed by atoms with Crippen LogP contribution < -0.4 is 9.47 Å². The van der Waals surface area contributed by atoms with E-state index in [0.717, 1.165) is 45.6 Å². The Labute approximate surface area is 308 Å². The number of fused-ring (bicyclic) bond motifs is 1. The fourth-order valence-electron chi connectivity index (χ4n) is 7.40. The Morgan fingerprint density at radius 2 is 1.77 bits per heavy atom. The van der Waals surface area contributed by atoms with Gasteiger partial charge in [-0.15, -0.1) is 0 Å². The fraction of sp³-hybridized carbons (Fsp3) is 0.548. The van der Waals surface area contributed by atoms with Gasteiger partial charge < -0.3 is 28.5 Å². The largest absolute Gasteiger partial charge is 0.492 e. The lowest BCUT2D eigenvalue weighted by atomic mass is 9.86. The molecule has 0 bridgehead atoms. The van der Waals surface area contributed by atoms with E-state index in [1.54, 1.807) is 21.1 Å². The van der Waals surface area contributed by atoms with Crippen molar-refractivity contribution in [3.05, 3.63) is 71.0 Å². The van der Waals surface area contributed by atoms with Crippen LogP contribution >= 0.6 is 0 Å². The van der Waals surface area contributed by atoms with Crippen LogP contribution in [0.2, 0.25) is 0 Å². The summed E-state index contributed by atoms with van der Waals surface area (Å²) in [6.45, 7) is 14.0. The number of aryl methyl sites for hydroxylation is 1. The van der Waals surface area contributed by atoms with E-state index in [4.69, 9.17) is 23.4 Å². The molecule has 0 spiro atoms. The molecule has 1 fully saturated rings. The van der Waals surface area contributed by atoms with E-state index in [2.05, 4.69) is 39.8 Å². The molecule has 1 N–H and O–H groups in total. The molecule has 284 valence electrons. The molecular weight excluding hydrogens is 662 g/mol. The molecule has 2 aromatic carbocycles. The molecule has 1 aliphatic heterocycles. The van der Waals surface area contributed by atoms with Crippen LogP contribution in [0.3, 0.4) is 0 Å². The maximum Gasteiger partial charge on any atom is 0.417 e. The zero-order valence-corrected chi connectivity index (χ0v) is 32.3. The number of amides is 2. The molecule has 10 nitrogen and oxygen atoms in total. The summed E-state index contributed by atoms with van der Waals surface area (Å²) in [6, 6.07) is 13.1. The molecule has 10 heteroatoms. The number of allylic oxidation sites excluding steroid dienone is 2. The van der Waals surface area contributed by atoms with Gasteiger partial charge in [-0.05, 0) is 82.4 Å². The van der Waals surface area contributed by atoms with E-state index in [1.807, 2.05) is 43.3 Å². The van der Waals surface area contributed by atoms with Gasteiger partial charge in [0.2, 0.25) is 5.91 Å². The molecule has 0 radical (unpaired) electrons. The van der Waals surface area contributed by atoms with E-state index >= 15 is 0 Å². The van der Waals surface area contributed by atoms with Crippen LogP contribution in [0.1, 0.15) is 90.0 Å². The van der Waals surface area contributed by atoms with Crippen LogP contribution in [0.4, 0.5) is 4.79 Å². The zero-order chi connectivity index (χ0) is 38.1. The molecule has 2 heterocycles. The predicted octanol–water partition coefficient (Wildman–Crippen LogP) is 8.41. The summed E-state index contributed by atoms with van der Waals surface area (Å²) < 4.78 is 27.9. The lowest BCUT2D eigenvalue weighted by molar-refractivity contribution is -0.142. The molecule has 0 saturated carbocycles. The van der Waals surface area contributed by atoms with Crippen molar-refractivity contribution in [2.45, 2.75) is 98.6 Å². The van der Waals surface area contributed by atoms with Crippen molar-refractivity contribution >= 4 is 28.8 Å². The van der Waals surface area contributed by atoms with Crippen molar-refractivity contribution in [3.63, 3.8) is 0 Å². The van der Waals surface area contributed by atoms with Crippen molar-refractivity contribution in [2.24, 2.45) is 23.7 Å². The molecule has 1 aliphatic rings. The summed E-state index contributed by atoms with van der Waals surface area (Å²) in [5, 5.41) is 11.9. The first-order chi connectivity index (χ1) is 24.7. The number of hydrogen-bond acceptors (Lipinski definition) is 9. The summed E-state index contributed by atoms with van der Waals surface area (Å²) in [5.41, 5.74) is 3.93. The number of rotatable bonds is 19. The molecule has 0 unspecified atom stereocenters. The van der Waals surface area contributed by atoms with Crippen molar-refractivity contribution in [2.75, 3.05) is 27.6 Å². The Morgan fingerprint density at radius 3 is 2.44 bits per heavy atom. The fourth-order valence-corrected chi connectivity index (χ4v) is 7.40. The minimum absolute atomic E-state index is 0.0884. The third-order valence-corrected chi connectivity index (χ3v) is 10.2. The summed E-state index contributed by atoms with van der Waals surface area (Å²) in [6.07, 6.45) is 4.05. The minimum Gasteiger partial charge on any atom is -0.492 e. The Bertz CT molecular complexity index is 1700. The van der Waals surface area contributed by atoms with Crippen LogP contribution in [0.5, 0.6) is 11.5 Å². The minimum atomic E-state index is -1.07. The van der Waals surface area contributed by atoms with Gasteiger partial charge in [-0.25, -0.2) is 9.69 Å². The summed E-state index contributed by atoms with van der Waals surface area (Å²) in [4.78, 5) is 40.3. The number of cyclic esters (lactones) is 1. The molecule has 1 aromatic heterocycles. The predicted molar refractivity (Wildman–Crippen MR) is 200 cm³/mol. The van der Waals surface area contributed by atoms with Gasteiger partial charge in [0.15, 0.2) is 18.3 Å². The second kappa shape index (κ2) is 18.6. The normalized spacial score (nSPS) is 18.4. The molecule has 4 rings (SSSR count). The van der Waals surface area contributed by atoms with Crippen molar-refractivity contribution in [3.8, 4) is 11.5 Å². The average molecular weight is 720 g/mol. The van der Waals surface area contributed by atoms with Crippen LogP contribution in [-0.4, -0.2) is 67.6 Å². The summed E-state index contributed by atoms with van der Waals surface area (Å²) in [7, 11) is 3.20. The zero-order valence-electron chi connectivity index (χ0n) is 32.3. The number of ketones is 1. The number of nitrogens with zero attached hydrogens (tertiary/aromatic N) is 1. The van der Waals surface area contributed by atoms with Gasteiger partial charge in [-0.1, -0.05) is 69.7 Å². The number of carbonyl (C=O) groups excluding carboxylic acids is 3. The average Bonchev–Trinajstić information content (AvgIpc) is 3.72. The highest BCUT2D eigenvalue weighted by molar-refractivity contribution is 6.07. The van der Waals surface area contributed by atoms with Crippen molar-refractivity contribution < 1.29 is 42.9 Å². The third kappa shape index (κ3) is 10.0. The molecule has 52 heavy (non-hydrogen) atoms. The number of imide groups is 1. The first-order valence-electron chi connectivity index (χ1n) is 18.4. The van der Waals surface area contributed by atoms with Crippen LogP contribution in [0.15, 0.2) is 58.5 Å². The number of aliphatic hydroxyl groups excluding tert-OH is 1. The second-order valence-corrected chi connectivity index (χ2v) is 14.8. The highest BCUT2D eigenvalue weighted by Crippen LogP contribution is 2.40. The summed E-state index contributed by atoms with van der Waals surface area (Å²) >= 11 is 0. The molecule has 3 aromatic rings. The smallest absolute Gasteiger partial charge is 0.417 e. The Hall–Kier alpha value is -4.15. The maximum atomic E-state index is 13.4. The van der Waals surface area contributed by atoms with Gasteiger partial charge in [0.25, 0.3) is 0 Å². The number of aliphatic hydroxyl groups is 1. The standard InChI is InChI=1S/C42H57NO9/c1-25(15-16-35(44)29(5)38(45)30(6)41(46)43-34(23-50-42(43)47)20-32-13-11-10-12-14-32)17-26(2)18-27(3)19-28(4)36-21-33-22-37(51-24-48-8)40(49-9)31(7)39(33)52-36/h10-14,17,21-22,25,27-30,34-35,44H,15-16,18-20,23-24H2,1-9H3/b26-17+/t25-,27+,28-,29-,30+,34+,35+/m0/s1. The highest BCUT2D eigenvalue weighted by Gasteiger charge is 2.42. The Kier molecular flexibility index (Phi) is 14.5. The van der Waals surface area contributed by atoms with Crippen LogP contribution in [0, 0.1) is 30.6 Å². The lowest BCUT2D eigenvalue weighted by Crippen LogP contribution is -2.46. The van der Waals surface area contributed by atoms with E-state index < -0.39 is 36.0 Å². The first kappa shape index (κ1) is 40.6. The number of Topliss-reactive ketones (excluding diaryl/α,β-unsaturated/α-hetero) is 1. The van der Waals surface area contributed by atoms with Gasteiger partial charge in [0, 0.05) is 29.9 Å². The van der Waals surface area contributed by atoms with Gasteiger partial charge in [-0.2, -0.15) is 0 Å². The SMILES string of the molecule is COCOc1cc2cc([C@@H](C)C[C@H](C)C/C(C)=C/[C@@H](C)CC[C@@H](O)[C@H](C)C(=O)[C@@H](C)C(=O)N3C(=O)OC[C@H]3Cc3ccccc3)oc2c(C)c1OC. The van der Waals surface area contributed by atoms with E-state index in [0.29, 0.717) is 36.7 Å². The number of benzene rings is 2. The maximum absolute atomic E-state index is 13.4. The monoisotopic (exact) mass is 719 g/mol. The van der Waals surface area contributed by atoms with Crippen molar-refractivity contribution in [1.82, 2.24) is 4.90 Å². The Balaban J connectivity index is 1.26. The number of hydrogen-bond donors (Lipinski definition) is 1. The number of methoxy groups -OCH3 is 2. The van der Waals surface area contributed by atoms with Crippen LogP contribution in [0.25, 0.3) is 11.0 Å². The first-order valence-corrected chi connectivity index (χ1v) is 18.4. The second-order valence-electron chi connectivity index (χ2n) is 14.8. The van der Waals surface area contributed by atoms with Crippen molar-refractivity contribution in [1.29, 1.82) is 0 Å². The molecule has 2 amide bonds. The molecular formula is C42H57NO9. The third-order valence-electron chi connectivity index (χ3n) is 10.2. The summed E-state index contributed by atoms with van der Waals surface area (Å²) in [5.74, 6) is 0.200. The Morgan fingerprint density at radius 1 is 1.06 bits per heavy atom. The molecule has 7 atom stereocenters. The van der Waals surface area contributed by atoms with Crippen LogP contribution in [-0.2, 0) is 25.5 Å². The number of furan rings is 1. The number of carbonyl (C=O) groups is 3. The van der Waals surface area contributed by atoms with Gasteiger partial charge in [-0.3, -0.25) is 9.59 Å². The highest BCUT2D eigenvalue weighted by atomic mass is 16.7. The van der Waals surface area contributed by atoms with E-state index in [-0.39, 0.29) is 31.0 Å². The quantitative estimate of drug-likeness (QED) is 0.0739. The van der Waals surface area contributed by atoms with Gasteiger partial charge >= 0.3 is 6.09 Å². The van der Waals surface area contributed by atoms with E-state index in [9.17, 15) is 19.5 Å².